The van der Waals surface area contributed by atoms with E-state index in [2.05, 4.69) is 15.2 Å². The van der Waals surface area contributed by atoms with Gasteiger partial charge >= 0.3 is 0 Å². The minimum absolute atomic E-state index is 0.222. The topological polar surface area (TPSA) is 71.2 Å². The van der Waals surface area contributed by atoms with Crippen LogP contribution in [0.15, 0.2) is 6.20 Å². The number of anilines is 1. The maximum absolute atomic E-state index is 11.3. The molecule has 0 aromatic carbocycles. The first-order valence-corrected chi connectivity index (χ1v) is 7.24. The summed E-state index contributed by atoms with van der Waals surface area (Å²) in [6, 6.07) is 0.397. The highest BCUT2D eigenvalue weighted by Gasteiger charge is 2.33. The molecule has 98 valence electrons. The number of aromatic nitrogens is 1. The number of hydrogen-bond donors (Lipinski definition) is 2. The van der Waals surface area contributed by atoms with Crippen LogP contribution in [0.4, 0.5) is 5.13 Å². The summed E-state index contributed by atoms with van der Waals surface area (Å²) in [7, 11) is 0. The van der Waals surface area contributed by atoms with E-state index in [1.165, 1.54) is 4.88 Å². The summed E-state index contributed by atoms with van der Waals surface area (Å²) in [4.78, 5) is 19.1. The van der Waals surface area contributed by atoms with Crippen LogP contribution in [0.5, 0.6) is 0 Å². The molecule has 1 aromatic rings. The molecule has 0 spiro atoms. The van der Waals surface area contributed by atoms with Gasteiger partial charge in [-0.1, -0.05) is 0 Å². The largest absolute Gasteiger partial charge is 0.375 e. The number of nitrogen functional groups attached to an aromatic ring is 1. The zero-order chi connectivity index (χ0) is 12.5. The van der Waals surface area contributed by atoms with Gasteiger partial charge in [0.05, 0.1) is 0 Å². The lowest BCUT2D eigenvalue weighted by molar-refractivity contribution is -0.125. The number of piperidine rings is 2. The molecule has 3 rings (SSSR count). The molecule has 5 nitrogen and oxygen atoms in total. The predicted octanol–water partition coefficient (Wildman–Crippen LogP) is 0.826. The third kappa shape index (κ3) is 2.49. The van der Waals surface area contributed by atoms with Crippen molar-refractivity contribution in [2.75, 3.05) is 18.8 Å². The summed E-state index contributed by atoms with van der Waals surface area (Å²) in [5, 5.41) is 3.75. The molecule has 2 atom stereocenters. The van der Waals surface area contributed by atoms with Gasteiger partial charge in [0.15, 0.2) is 5.13 Å². The van der Waals surface area contributed by atoms with E-state index in [1.807, 2.05) is 6.20 Å². The number of nitrogens with one attached hydrogen (secondary N) is 1. The van der Waals surface area contributed by atoms with E-state index in [1.54, 1.807) is 11.3 Å². The molecule has 0 saturated carbocycles. The second-order valence-electron chi connectivity index (χ2n) is 5.16. The quantitative estimate of drug-likeness (QED) is 0.831. The Hall–Kier alpha value is -1.14. The number of hydrogen-bond acceptors (Lipinski definition) is 5. The molecule has 6 heteroatoms. The predicted molar refractivity (Wildman–Crippen MR) is 71.1 cm³/mol. The number of carbonyl (C=O) groups is 1. The number of amides is 1. The number of likely N-dealkylation sites (tertiary alicyclic amines) is 1. The number of carbonyl (C=O) groups excluding carboxylic acids is 1. The van der Waals surface area contributed by atoms with E-state index in [0.717, 1.165) is 32.5 Å². The van der Waals surface area contributed by atoms with E-state index in [-0.39, 0.29) is 5.91 Å². The third-order valence-electron chi connectivity index (χ3n) is 3.86. The SMILES string of the molecule is Nc1ncc(CN2CCC3NC(=O)CCC3C2)s1. The second kappa shape index (κ2) is 4.85. The van der Waals surface area contributed by atoms with Crippen molar-refractivity contribution in [3.8, 4) is 0 Å². The van der Waals surface area contributed by atoms with Crippen LogP contribution in [0.3, 0.4) is 0 Å². The van der Waals surface area contributed by atoms with Crippen molar-refractivity contribution in [1.29, 1.82) is 0 Å². The first-order valence-electron chi connectivity index (χ1n) is 6.42. The van der Waals surface area contributed by atoms with Gasteiger partial charge < -0.3 is 11.1 Å². The number of fused-ring (bicyclic) bond motifs is 1. The van der Waals surface area contributed by atoms with E-state index in [9.17, 15) is 4.79 Å². The molecule has 2 aliphatic rings. The van der Waals surface area contributed by atoms with Crippen molar-refractivity contribution in [3.05, 3.63) is 11.1 Å². The van der Waals surface area contributed by atoms with E-state index in [4.69, 9.17) is 5.73 Å². The number of nitrogens with two attached hydrogens (primary N) is 1. The zero-order valence-electron chi connectivity index (χ0n) is 10.3. The molecule has 2 saturated heterocycles. The Morgan fingerprint density at radius 1 is 1.56 bits per heavy atom. The first-order chi connectivity index (χ1) is 8.70. The Morgan fingerprint density at radius 3 is 3.22 bits per heavy atom. The minimum atomic E-state index is 0.222. The molecule has 0 bridgehead atoms. The second-order valence-corrected chi connectivity index (χ2v) is 6.31. The molecule has 1 aromatic heterocycles. The Bertz CT molecular complexity index is 447. The van der Waals surface area contributed by atoms with E-state index >= 15 is 0 Å². The van der Waals surface area contributed by atoms with Crippen molar-refractivity contribution in [2.24, 2.45) is 5.92 Å². The maximum Gasteiger partial charge on any atom is 0.220 e. The molecule has 2 unspecified atom stereocenters. The van der Waals surface area contributed by atoms with Gasteiger partial charge in [-0.05, 0) is 18.8 Å². The van der Waals surface area contributed by atoms with Crippen molar-refractivity contribution in [1.82, 2.24) is 15.2 Å². The number of nitrogens with zero attached hydrogens (tertiary/aromatic N) is 2. The Morgan fingerprint density at radius 2 is 2.44 bits per heavy atom. The monoisotopic (exact) mass is 266 g/mol. The van der Waals surface area contributed by atoms with E-state index < -0.39 is 0 Å². The van der Waals surface area contributed by atoms with Crippen LogP contribution in [0, 0.1) is 5.92 Å². The molecular formula is C12H18N4OS. The molecule has 18 heavy (non-hydrogen) atoms. The highest BCUT2D eigenvalue weighted by Crippen LogP contribution is 2.27. The van der Waals surface area contributed by atoms with Crippen LogP contribution in [0.2, 0.25) is 0 Å². The van der Waals surface area contributed by atoms with Gasteiger partial charge in [-0.2, -0.15) is 0 Å². The smallest absolute Gasteiger partial charge is 0.220 e. The lowest BCUT2D eigenvalue weighted by atomic mass is 9.85. The highest BCUT2D eigenvalue weighted by atomic mass is 32.1. The average Bonchev–Trinajstić information content (AvgIpc) is 2.75. The van der Waals surface area contributed by atoms with Crippen LogP contribution in [0.1, 0.15) is 24.1 Å². The molecule has 3 N–H and O–H groups in total. The Balaban J connectivity index is 1.59. The van der Waals surface area contributed by atoms with Crippen molar-refractivity contribution in [3.63, 3.8) is 0 Å². The fraction of sp³-hybridized carbons (Fsp3) is 0.667. The van der Waals surface area contributed by atoms with Gasteiger partial charge in [0.25, 0.3) is 0 Å². The first kappa shape index (κ1) is 11.9. The normalized spacial score (nSPS) is 28.8. The lowest BCUT2D eigenvalue weighted by Gasteiger charge is -2.41. The summed E-state index contributed by atoms with van der Waals surface area (Å²) in [6.07, 6.45) is 4.64. The minimum Gasteiger partial charge on any atom is -0.375 e. The Labute approximate surface area is 110 Å². The fourth-order valence-corrected chi connectivity index (χ4v) is 3.67. The Kier molecular flexibility index (Phi) is 3.22. The number of thiazole rings is 1. The van der Waals surface area contributed by atoms with Crippen molar-refractivity contribution in [2.45, 2.75) is 31.8 Å². The summed E-state index contributed by atoms with van der Waals surface area (Å²) >= 11 is 1.57. The van der Waals surface area contributed by atoms with Gasteiger partial charge in [-0.15, -0.1) is 11.3 Å². The van der Waals surface area contributed by atoms with Crippen LogP contribution in [0.25, 0.3) is 0 Å². The molecule has 3 heterocycles. The van der Waals surface area contributed by atoms with Gasteiger partial charge in [-0.25, -0.2) is 4.98 Å². The van der Waals surface area contributed by atoms with Crippen molar-refractivity contribution < 1.29 is 4.79 Å². The fourth-order valence-electron chi connectivity index (χ4n) is 2.95. The zero-order valence-corrected chi connectivity index (χ0v) is 11.1. The van der Waals surface area contributed by atoms with Gasteiger partial charge in [0, 0.05) is 43.2 Å². The van der Waals surface area contributed by atoms with Crippen LogP contribution < -0.4 is 11.1 Å². The van der Waals surface area contributed by atoms with Gasteiger partial charge in [0.1, 0.15) is 0 Å². The lowest BCUT2D eigenvalue weighted by Crippen LogP contribution is -2.53. The number of rotatable bonds is 2. The standard InChI is InChI=1S/C12H18N4OS/c13-12-14-5-9(18-12)7-16-4-3-10-8(6-16)1-2-11(17)15-10/h5,8,10H,1-4,6-7H2,(H2,13,14)(H,15,17). The highest BCUT2D eigenvalue weighted by molar-refractivity contribution is 7.15. The summed E-state index contributed by atoms with van der Waals surface area (Å²) in [6.45, 7) is 3.05. The third-order valence-corrected chi connectivity index (χ3v) is 4.67. The molecule has 0 aliphatic carbocycles. The maximum atomic E-state index is 11.3. The molecule has 1 amide bonds. The van der Waals surface area contributed by atoms with Crippen LogP contribution in [-0.4, -0.2) is 34.9 Å². The average molecular weight is 266 g/mol. The van der Waals surface area contributed by atoms with Gasteiger partial charge in [-0.3, -0.25) is 9.69 Å². The molecule has 2 fully saturated rings. The van der Waals surface area contributed by atoms with E-state index in [0.29, 0.717) is 23.5 Å². The summed E-state index contributed by atoms with van der Waals surface area (Å²) in [5.41, 5.74) is 5.65. The molecule has 0 radical (unpaired) electrons. The summed E-state index contributed by atoms with van der Waals surface area (Å²) in [5.74, 6) is 0.835. The molecular weight excluding hydrogens is 248 g/mol. The van der Waals surface area contributed by atoms with Crippen LogP contribution in [-0.2, 0) is 11.3 Å². The van der Waals surface area contributed by atoms with Crippen molar-refractivity contribution >= 4 is 22.4 Å². The summed E-state index contributed by atoms with van der Waals surface area (Å²) < 4.78 is 0. The molecule has 2 aliphatic heterocycles. The van der Waals surface area contributed by atoms with Crippen LogP contribution >= 0.6 is 11.3 Å². The van der Waals surface area contributed by atoms with Gasteiger partial charge in [0.2, 0.25) is 5.91 Å².